The van der Waals surface area contributed by atoms with Crippen LogP contribution in [0.15, 0.2) is 162 Å². The van der Waals surface area contributed by atoms with Crippen molar-refractivity contribution in [1.82, 2.24) is 0 Å². The fraction of sp³-hybridized carbons (Fsp3) is 0.286. The van der Waals surface area contributed by atoms with Gasteiger partial charge in [-0.3, -0.25) is 0 Å². The lowest BCUT2D eigenvalue weighted by molar-refractivity contribution is 0.569. The van der Waals surface area contributed by atoms with Crippen LogP contribution in [0.5, 0.6) is 0 Å². The van der Waals surface area contributed by atoms with Gasteiger partial charge in [0.2, 0.25) is 0 Å². The number of benzene rings is 8. The van der Waals surface area contributed by atoms with Gasteiger partial charge in [0.25, 0.3) is 6.71 Å². The van der Waals surface area contributed by atoms with Crippen molar-refractivity contribution in [2.45, 2.75) is 131 Å². The summed E-state index contributed by atoms with van der Waals surface area (Å²) in [4.78, 5) is 5.22. The van der Waals surface area contributed by atoms with Crippen molar-refractivity contribution in [2.75, 3.05) is 9.80 Å². The Morgan fingerprint density at radius 2 is 0.960 bits per heavy atom. The van der Waals surface area contributed by atoms with Gasteiger partial charge in [0.05, 0.1) is 11.4 Å². The molecule has 0 atom stereocenters. The third-order valence-corrected chi connectivity index (χ3v) is 17.5. The van der Waals surface area contributed by atoms with Crippen molar-refractivity contribution in [2.24, 2.45) is 0 Å². The van der Waals surface area contributed by atoms with Crippen LogP contribution in [0.4, 0.5) is 34.1 Å². The van der Waals surface area contributed by atoms with E-state index in [1.54, 1.807) is 0 Å². The molecule has 2 aliphatic heterocycles. The van der Waals surface area contributed by atoms with E-state index >= 15 is 0 Å². The van der Waals surface area contributed by atoms with Gasteiger partial charge in [-0.15, -0.1) is 11.3 Å². The van der Waals surface area contributed by atoms with Crippen LogP contribution in [-0.2, 0) is 27.1 Å². The predicted molar refractivity (Wildman–Crippen MR) is 327 cm³/mol. The maximum atomic E-state index is 6.43. The van der Waals surface area contributed by atoms with Crippen molar-refractivity contribution < 1.29 is 4.42 Å². The molecule has 4 heterocycles. The van der Waals surface area contributed by atoms with E-state index in [2.05, 4.69) is 271 Å². The molecule has 8 aromatic carbocycles. The third kappa shape index (κ3) is 8.24. The molecule has 10 aromatic rings. The molecule has 75 heavy (non-hydrogen) atoms. The molecule has 0 saturated carbocycles. The molecule has 0 unspecified atom stereocenters. The highest BCUT2D eigenvalue weighted by Crippen LogP contribution is 2.51. The number of fused-ring (bicyclic) bond motifs is 9. The molecule has 376 valence electrons. The minimum Gasteiger partial charge on any atom is -0.456 e. The van der Waals surface area contributed by atoms with E-state index in [4.69, 9.17) is 4.42 Å². The number of para-hydroxylation sites is 1. The van der Waals surface area contributed by atoms with Crippen LogP contribution in [0.1, 0.15) is 132 Å². The van der Waals surface area contributed by atoms with Gasteiger partial charge in [0.15, 0.2) is 0 Å². The van der Waals surface area contributed by atoms with Gasteiger partial charge in [-0.2, -0.15) is 0 Å². The zero-order valence-corrected chi connectivity index (χ0v) is 47.6. The van der Waals surface area contributed by atoms with Crippen LogP contribution in [0, 0.1) is 0 Å². The zero-order chi connectivity index (χ0) is 52.9. The van der Waals surface area contributed by atoms with E-state index in [0.29, 0.717) is 0 Å². The molecule has 5 heteroatoms. The highest BCUT2D eigenvalue weighted by atomic mass is 32.1. The highest BCUT2D eigenvalue weighted by molar-refractivity contribution is 7.33. The second-order valence-electron chi connectivity index (χ2n) is 26.8. The van der Waals surface area contributed by atoms with Crippen molar-refractivity contribution in [1.29, 1.82) is 0 Å². The molecule has 3 nitrogen and oxygen atoms in total. The second kappa shape index (κ2) is 16.8. The molecule has 0 spiro atoms. The lowest BCUT2D eigenvalue weighted by Crippen LogP contribution is -2.60. The summed E-state index contributed by atoms with van der Waals surface area (Å²) in [7, 11) is 0. The smallest absolute Gasteiger partial charge is 0.264 e. The Hall–Kier alpha value is -6.82. The maximum absolute atomic E-state index is 6.43. The van der Waals surface area contributed by atoms with Crippen molar-refractivity contribution in [3.63, 3.8) is 0 Å². The van der Waals surface area contributed by atoms with Gasteiger partial charge in [-0.05, 0) is 155 Å². The van der Waals surface area contributed by atoms with Gasteiger partial charge in [0, 0.05) is 53.9 Å². The molecular weight excluding hydrogens is 928 g/mol. The van der Waals surface area contributed by atoms with Gasteiger partial charge in [0.1, 0.15) is 11.2 Å². The van der Waals surface area contributed by atoms with Gasteiger partial charge in [-0.1, -0.05) is 189 Å². The van der Waals surface area contributed by atoms with Crippen LogP contribution in [0.3, 0.4) is 0 Å². The highest BCUT2D eigenvalue weighted by Gasteiger charge is 2.46. The van der Waals surface area contributed by atoms with E-state index in [1.807, 2.05) is 11.3 Å². The molecule has 0 bridgehead atoms. The number of nitrogens with zero attached hydrogens (tertiary/aromatic N) is 2. The summed E-state index contributed by atoms with van der Waals surface area (Å²) in [6, 6.07) is 61.0. The van der Waals surface area contributed by atoms with E-state index < -0.39 is 0 Å². The largest absolute Gasteiger partial charge is 0.456 e. The second-order valence-corrected chi connectivity index (χ2v) is 27.8. The van der Waals surface area contributed by atoms with Crippen molar-refractivity contribution in [3.05, 3.63) is 186 Å². The molecule has 0 radical (unpaired) electrons. The molecule has 0 aliphatic carbocycles. The predicted octanol–water partition coefficient (Wildman–Crippen LogP) is 18.7. The normalized spacial score (nSPS) is 14.0. The monoisotopic (exact) mass is 999 g/mol. The minimum atomic E-state index is -0.0770. The first-order chi connectivity index (χ1) is 35.3. The lowest BCUT2D eigenvalue weighted by Gasteiger charge is -2.43. The van der Waals surface area contributed by atoms with E-state index in [-0.39, 0.29) is 33.8 Å². The van der Waals surface area contributed by atoms with Crippen LogP contribution in [0.25, 0.3) is 54.3 Å². The average molecular weight is 999 g/mol. The molecule has 2 aliphatic rings. The first-order valence-electron chi connectivity index (χ1n) is 27.1. The number of anilines is 6. The first kappa shape index (κ1) is 49.1. The Balaban J connectivity index is 1.18. The van der Waals surface area contributed by atoms with E-state index in [9.17, 15) is 0 Å². The van der Waals surface area contributed by atoms with Gasteiger partial charge < -0.3 is 14.2 Å². The Morgan fingerprint density at radius 3 is 1.63 bits per heavy atom. The third-order valence-electron chi connectivity index (χ3n) is 16.2. The Labute approximate surface area is 450 Å². The number of hydrogen-bond acceptors (Lipinski definition) is 4. The fourth-order valence-electron chi connectivity index (χ4n) is 11.7. The summed E-state index contributed by atoms with van der Waals surface area (Å²) < 4.78 is 9.13. The topological polar surface area (TPSA) is 19.6 Å². The Kier molecular flexibility index (Phi) is 11.0. The summed E-state index contributed by atoms with van der Waals surface area (Å²) >= 11 is 1.98. The summed E-state index contributed by atoms with van der Waals surface area (Å²) in [5.74, 6) is 0. The summed E-state index contributed by atoms with van der Waals surface area (Å²) in [5, 5.41) is 3.57. The number of thiophene rings is 1. The standard InChI is InChI=1S/C70H71BN2OS/c1-66(2,3)45-25-29-50(30-26-45)72-58-20-18-21-59-63(58)71(65-64(72)54-41-47(68(7,8)9)28-34-62(54)75-65)55-38-42(44-35-48(69(10,11)12)39-49(36-44)70(13,14)15)23-31-57(55)73(59)56-32-27-46(67(4,5)6)40-52(56)43-24-33-61-53(37-43)51-19-16-17-22-60(51)74-61/h16-41H,1-15H3. The minimum absolute atomic E-state index is 0.0161. The van der Waals surface area contributed by atoms with Crippen LogP contribution in [0.2, 0.25) is 0 Å². The van der Waals surface area contributed by atoms with Crippen LogP contribution < -0.4 is 25.5 Å². The van der Waals surface area contributed by atoms with Crippen LogP contribution >= 0.6 is 11.3 Å². The Bertz CT molecular complexity index is 3890. The lowest BCUT2D eigenvalue weighted by atomic mass is 9.36. The Morgan fingerprint density at radius 1 is 0.387 bits per heavy atom. The zero-order valence-electron chi connectivity index (χ0n) is 46.8. The fourth-order valence-corrected chi connectivity index (χ4v) is 13.0. The molecular formula is C70H71BN2OS. The van der Waals surface area contributed by atoms with Crippen molar-refractivity contribution in [3.8, 4) is 22.3 Å². The van der Waals surface area contributed by atoms with E-state index in [0.717, 1.165) is 33.2 Å². The molecule has 0 saturated heterocycles. The average Bonchev–Trinajstić information content (AvgIpc) is 4.09. The number of furan rings is 1. The molecule has 0 N–H and O–H groups in total. The molecule has 0 amide bonds. The molecule has 12 rings (SSSR count). The number of rotatable bonds is 4. The molecule has 0 fully saturated rings. The maximum Gasteiger partial charge on any atom is 0.264 e. The SMILES string of the molecule is CC(C)(C)c1ccc(N2c3cccc4c3B(c3cc(-c5cc(C(C)(C)C)cc(C(C)(C)C)c5)ccc3N4c3ccc(C(C)(C)C)cc3-c3ccc4oc5ccccc5c4c3)c3sc4ccc(C(C)(C)C)cc4c32)cc1. The first-order valence-corrected chi connectivity index (χ1v) is 27.9. The van der Waals surface area contributed by atoms with Gasteiger partial charge >= 0.3 is 0 Å². The summed E-state index contributed by atoms with van der Waals surface area (Å²) in [6.07, 6.45) is 0. The summed E-state index contributed by atoms with van der Waals surface area (Å²) in [5.41, 5.74) is 23.1. The quantitative estimate of drug-likeness (QED) is 0.164. The number of hydrogen-bond donors (Lipinski definition) is 0. The van der Waals surface area contributed by atoms with Crippen LogP contribution in [-0.4, -0.2) is 6.71 Å². The summed E-state index contributed by atoms with van der Waals surface area (Å²) in [6.45, 7) is 34.9. The van der Waals surface area contributed by atoms with Crippen molar-refractivity contribution >= 4 is 99.9 Å². The van der Waals surface area contributed by atoms with Gasteiger partial charge in [-0.25, -0.2) is 0 Å². The molecule has 2 aromatic heterocycles. The van der Waals surface area contributed by atoms with E-state index in [1.165, 1.54) is 98.7 Å².